The molecule has 0 aromatic heterocycles. The first-order valence-corrected chi connectivity index (χ1v) is 3.83. The average molecular weight is 196 g/mol. The summed E-state index contributed by atoms with van der Waals surface area (Å²) in [4.78, 5) is 10.5. The molecule has 0 heterocycles. The van der Waals surface area contributed by atoms with Crippen molar-refractivity contribution in [2.45, 2.75) is 0 Å². The van der Waals surface area contributed by atoms with Crippen LogP contribution < -0.4 is 9.39 Å². The zero-order valence-corrected chi connectivity index (χ0v) is 7.51. The molecule has 74 valence electrons. The maximum atomic E-state index is 10.5. The standard InChI is InChI=1S/C8H9BO5/c1-13-8-4-7(14-9(11)12)3-2-6(8)5-10/h2-5,11-12H,1H3. The molecule has 0 bridgehead atoms. The summed E-state index contributed by atoms with van der Waals surface area (Å²) in [6.07, 6.45) is 0.637. The van der Waals surface area contributed by atoms with Crippen LogP contribution in [0.2, 0.25) is 0 Å². The zero-order chi connectivity index (χ0) is 10.6. The molecule has 14 heavy (non-hydrogen) atoms. The maximum Gasteiger partial charge on any atom is 0.707 e. The highest BCUT2D eigenvalue weighted by molar-refractivity contribution is 6.33. The second-order valence-corrected chi connectivity index (χ2v) is 2.47. The highest BCUT2D eigenvalue weighted by atomic mass is 16.6. The van der Waals surface area contributed by atoms with Crippen molar-refractivity contribution in [3.05, 3.63) is 23.8 Å². The lowest BCUT2D eigenvalue weighted by atomic mass is 10.2. The molecular weight excluding hydrogens is 187 g/mol. The quantitative estimate of drug-likeness (QED) is 0.517. The summed E-state index contributed by atoms with van der Waals surface area (Å²) < 4.78 is 9.46. The Bertz CT molecular complexity index is 326. The second kappa shape index (κ2) is 4.64. The molecule has 1 aromatic carbocycles. The minimum atomic E-state index is -1.89. The monoisotopic (exact) mass is 196 g/mol. The third kappa shape index (κ3) is 2.48. The number of carbonyl (C=O) groups excluding carboxylic acids is 1. The first-order valence-electron chi connectivity index (χ1n) is 3.83. The zero-order valence-electron chi connectivity index (χ0n) is 7.51. The third-order valence-electron chi connectivity index (χ3n) is 1.57. The van der Waals surface area contributed by atoms with Crippen molar-refractivity contribution in [3.8, 4) is 11.5 Å². The molecule has 1 rings (SSSR count). The summed E-state index contributed by atoms with van der Waals surface area (Å²) in [6, 6.07) is 4.29. The van der Waals surface area contributed by atoms with Crippen LogP contribution in [-0.2, 0) is 0 Å². The van der Waals surface area contributed by atoms with Gasteiger partial charge in [-0.25, -0.2) is 0 Å². The molecule has 0 amide bonds. The number of benzene rings is 1. The molecule has 0 aliphatic heterocycles. The van der Waals surface area contributed by atoms with E-state index in [0.29, 0.717) is 17.6 Å². The summed E-state index contributed by atoms with van der Waals surface area (Å²) in [5, 5.41) is 17.0. The van der Waals surface area contributed by atoms with Gasteiger partial charge < -0.3 is 19.4 Å². The molecule has 0 saturated heterocycles. The maximum absolute atomic E-state index is 10.5. The minimum absolute atomic E-state index is 0.211. The second-order valence-electron chi connectivity index (χ2n) is 2.47. The SMILES string of the molecule is COc1cc(OB(O)O)ccc1C=O. The highest BCUT2D eigenvalue weighted by Gasteiger charge is 2.12. The van der Waals surface area contributed by atoms with E-state index in [1.165, 1.54) is 25.3 Å². The fourth-order valence-corrected chi connectivity index (χ4v) is 0.984. The first-order chi connectivity index (χ1) is 6.67. The number of aldehydes is 1. The number of ether oxygens (including phenoxy) is 1. The summed E-state index contributed by atoms with van der Waals surface area (Å²) in [5.41, 5.74) is 0.368. The van der Waals surface area contributed by atoms with E-state index < -0.39 is 7.32 Å². The Morgan fingerprint density at radius 1 is 1.43 bits per heavy atom. The Labute approximate surface area is 81.1 Å². The van der Waals surface area contributed by atoms with Crippen LogP contribution in [0.3, 0.4) is 0 Å². The molecule has 0 aliphatic carbocycles. The van der Waals surface area contributed by atoms with Crippen LogP contribution in [0.1, 0.15) is 10.4 Å². The van der Waals surface area contributed by atoms with Crippen molar-refractivity contribution >= 4 is 13.6 Å². The molecular formula is C8H9BO5. The van der Waals surface area contributed by atoms with E-state index in [-0.39, 0.29) is 5.75 Å². The van der Waals surface area contributed by atoms with Crippen LogP contribution in [0.25, 0.3) is 0 Å². The average Bonchev–Trinajstić information content (AvgIpc) is 2.16. The van der Waals surface area contributed by atoms with Crippen molar-refractivity contribution in [2.24, 2.45) is 0 Å². The van der Waals surface area contributed by atoms with E-state index in [4.69, 9.17) is 14.8 Å². The molecule has 2 N–H and O–H groups in total. The molecule has 6 heteroatoms. The van der Waals surface area contributed by atoms with E-state index >= 15 is 0 Å². The van der Waals surface area contributed by atoms with E-state index in [9.17, 15) is 4.79 Å². The summed E-state index contributed by atoms with van der Waals surface area (Å²) >= 11 is 0. The Balaban J connectivity index is 2.95. The molecule has 5 nitrogen and oxygen atoms in total. The smallest absolute Gasteiger partial charge is 0.512 e. The Morgan fingerprint density at radius 3 is 2.64 bits per heavy atom. The molecule has 0 saturated carbocycles. The van der Waals surface area contributed by atoms with E-state index in [0.717, 1.165) is 0 Å². The number of rotatable bonds is 4. The Morgan fingerprint density at radius 2 is 2.14 bits per heavy atom. The lowest BCUT2D eigenvalue weighted by Crippen LogP contribution is -2.20. The predicted octanol–water partition coefficient (Wildman–Crippen LogP) is -0.144. The van der Waals surface area contributed by atoms with Gasteiger partial charge in [-0.15, -0.1) is 0 Å². The van der Waals surface area contributed by atoms with Crippen molar-refractivity contribution in [2.75, 3.05) is 7.11 Å². The number of hydrogen-bond acceptors (Lipinski definition) is 5. The van der Waals surface area contributed by atoms with Crippen LogP contribution in [-0.4, -0.2) is 30.8 Å². The summed E-state index contributed by atoms with van der Waals surface area (Å²) in [7, 11) is -0.483. The van der Waals surface area contributed by atoms with E-state index in [1.807, 2.05) is 0 Å². The topological polar surface area (TPSA) is 76.0 Å². The van der Waals surface area contributed by atoms with Gasteiger partial charge in [0.2, 0.25) is 0 Å². The lowest BCUT2D eigenvalue weighted by Gasteiger charge is -2.07. The normalized spacial score (nSPS) is 9.36. The van der Waals surface area contributed by atoms with E-state index in [1.54, 1.807) is 0 Å². The van der Waals surface area contributed by atoms with Crippen LogP contribution >= 0.6 is 0 Å². The van der Waals surface area contributed by atoms with Gasteiger partial charge in [0.05, 0.1) is 12.7 Å². The fourth-order valence-electron chi connectivity index (χ4n) is 0.984. The first kappa shape index (κ1) is 10.6. The van der Waals surface area contributed by atoms with Crippen molar-refractivity contribution in [1.29, 1.82) is 0 Å². The number of carbonyl (C=O) groups is 1. The van der Waals surface area contributed by atoms with Crippen LogP contribution in [0.4, 0.5) is 0 Å². The van der Waals surface area contributed by atoms with Gasteiger partial charge >= 0.3 is 7.32 Å². The van der Waals surface area contributed by atoms with Crippen LogP contribution in [0.15, 0.2) is 18.2 Å². The van der Waals surface area contributed by atoms with Gasteiger partial charge in [0.15, 0.2) is 6.29 Å². The number of hydrogen-bond donors (Lipinski definition) is 2. The molecule has 0 spiro atoms. The summed E-state index contributed by atoms with van der Waals surface area (Å²) in [6.45, 7) is 0. The molecule has 0 aliphatic rings. The third-order valence-corrected chi connectivity index (χ3v) is 1.57. The highest BCUT2D eigenvalue weighted by Crippen LogP contribution is 2.23. The van der Waals surface area contributed by atoms with Gasteiger partial charge in [-0.05, 0) is 12.1 Å². The molecule has 1 aromatic rings. The van der Waals surface area contributed by atoms with Crippen LogP contribution in [0, 0.1) is 0 Å². The van der Waals surface area contributed by atoms with Gasteiger partial charge in [-0.3, -0.25) is 4.79 Å². The van der Waals surface area contributed by atoms with Crippen molar-refractivity contribution < 1.29 is 24.2 Å². The molecule has 0 unspecified atom stereocenters. The lowest BCUT2D eigenvalue weighted by molar-refractivity contribution is 0.112. The molecule has 0 radical (unpaired) electrons. The fraction of sp³-hybridized carbons (Fsp3) is 0.125. The largest absolute Gasteiger partial charge is 0.707 e. The predicted molar refractivity (Wildman–Crippen MR) is 49.2 cm³/mol. The van der Waals surface area contributed by atoms with Gasteiger partial charge in [-0.1, -0.05) is 0 Å². The molecule has 0 atom stereocenters. The Kier molecular flexibility index (Phi) is 3.50. The van der Waals surface area contributed by atoms with Gasteiger partial charge in [0.1, 0.15) is 11.5 Å². The summed E-state index contributed by atoms with van der Waals surface area (Å²) in [5.74, 6) is 0.528. The van der Waals surface area contributed by atoms with Crippen molar-refractivity contribution in [3.63, 3.8) is 0 Å². The van der Waals surface area contributed by atoms with E-state index in [2.05, 4.69) is 4.65 Å². The van der Waals surface area contributed by atoms with Gasteiger partial charge in [-0.2, -0.15) is 0 Å². The van der Waals surface area contributed by atoms with Gasteiger partial charge in [0, 0.05) is 6.07 Å². The van der Waals surface area contributed by atoms with Crippen molar-refractivity contribution in [1.82, 2.24) is 0 Å². The number of methoxy groups -OCH3 is 1. The minimum Gasteiger partial charge on any atom is -0.512 e. The Hall–Kier alpha value is -1.53. The molecule has 0 fully saturated rings. The van der Waals surface area contributed by atoms with Crippen LogP contribution in [0.5, 0.6) is 11.5 Å². The van der Waals surface area contributed by atoms with Gasteiger partial charge in [0.25, 0.3) is 0 Å².